The van der Waals surface area contributed by atoms with E-state index in [-0.39, 0.29) is 16.5 Å². The van der Waals surface area contributed by atoms with Crippen molar-refractivity contribution in [1.29, 1.82) is 0 Å². The van der Waals surface area contributed by atoms with Crippen molar-refractivity contribution in [2.45, 2.75) is 37.8 Å². The molecule has 0 radical (unpaired) electrons. The van der Waals surface area contributed by atoms with E-state index in [1.807, 2.05) is 0 Å². The molecular weight excluding hydrogens is 327 g/mol. The predicted molar refractivity (Wildman–Crippen MR) is 75.4 cm³/mol. The highest BCUT2D eigenvalue weighted by molar-refractivity contribution is 8.13. The van der Waals surface area contributed by atoms with Crippen LogP contribution in [0, 0.1) is 0 Å². The standard InChI is InChI=1S/C11H14Cl2N2O4S/c1-11(2,3)19-10(16)15-6-9-8(12)4-7(5-14-9)20(13,17)18/h4-5H,6H2,1-3H3,(H,15,16). The number of hydrogen-bond donors (Lipinski definition) is 1. The molecule has 1 amide bonds. The van der Waals surface area contributed by atoms with Crippen LogP contribution in [0.3, 0.4) is 0 Å². The molecule has 0 atom stereocenters. The summed E-state index contributed by atoms with van der Waals surface area (Å²) < 4.78 is 27.2. The largest absolute Gasteiger partial charge is 0.444 e. The summed E-state index contributed by atoms with van der Waals surface area (Å²) in [4.78, 5) is 15.1. The Morgan fingerprint density at radius 1 is 1.45 bits per heavy atom. The third-order valence-electron chi connectivity index (χ3n) is 1.97. The van der Waals surface area contributed by atoms with Gasteiger partial charge in [0.05, 0.1) is 17.3 Å². The molecule has 0 aliphatic carbocycles. The molecule has 1 N–H and O–H groups in total. The number of rotatable bonds is 3. The lowest BCUT2D eigenvalue weighted by molar-refractivity contribution is 0.0523. The highest BCUT2D eigenvalue weighted by Gasteiger charge is 2.17. The van der Waals surface area contributed by atoms with Crippen molar-refractivity contribution < 1.29 is 17.9 Å². The van der Waals surface area contributed by atoms with Crippen molar-refractivity contribution in [3.05, 3.63) is 23.0 Å². The van der Waals surface area contributed by atoms with Gasteiger partial charge in [-0.2, -0.15) is 0 Å². The molecule has 1 rings (SSSR count). The lowest BCUT2D eigenvalue weighted by atomic mass is 10.2. The first-order chi connectivity index (χ1) is 8.99. The van der Waals surface area contributed by atoms with Crippen LogP contribution in [0.4, 0.5) is 4.79 Å². The number of carbonyl (C=O) groups excluding carboxylic acids is 1. The highest BCUT2D eigenvalue weighted by Crippen LogP contribution is 2.21. The van der Waals surface area contributed by atoms with Crippen molar-refractivity contribution >= 4 is 37.4 Å². The zero-order chi connectivity index (χ0) is 15.6. The van der Waals surface area contributed by atoms with Gasteiger partial charge in [-0.3, -0.25) is 4.98 Å². The molecule has 1 heterocycles. The summed E-state index contributed by atoms with van der Waals surface area (Å²) in [5.41, 5.74) is -0.306. The summed E-state index contributed by atoms with van der Waals surface area (Å²) in [6.07, 6.45) is 0.449. The van der Waals surface area contributed by atoms with E-state index in [2.05, 4.69) is 10.3 Å². The van der Waals surface area contributed by atoms with Crippen LogP contribution in [0.2, 0.25) is 5.02 Å². The lowest BCUT2D eigenvalue weighted by Gasteiger charge is -2.19. The Kier molecular flexibility index (Phi) is 5.23. The number of aromatic nitrogens is 1. The molecule has 9 heteroatoms. The molecule has 112 valence electrons. The van der Waals surface area contributed by atoms with Gasteiger partial charge in [-0.25, -0.2) is 13.2 Å². The van der Waals surface area contributed by atoms with Crippen LogP contribution in [0.15, 0.2) is 17.2 Å². The zero-order valence-corrected chi connectivity index (χ0v) is 13.4. The van der Waals surface area contributed by atoms with Gasteiger partial charge in [-0.05, 0) is 26.8 Å². The molecule has 6 nitrogen and oxygen atoms in total. The number of amides is 1. The van der Waals surface area contributed by atoms with Crippen LogP contribution >= 0.6 is 22.3 Å². The number of pyridine rings is 1. The molecule has 1 aromatic heterocycles. The van der Waals surface area contributed by atoms with Gasteiger partial charge in [0.15, 0.2) is 0 Å². The van der Waals surface area contributed by atoms with Crippen LogP contribution in [0.25, 0.3) is 0 Å². The Balaban J connectivity index is 2.73. The van der Waals surface area contributed by atoms with Gasteiger partial charge in [0.25, 0.3) is 9.05 Å². The van der Waals surface area contributed by atoms with Crippen molar-refractivity contribution in [1.82, 2.24) is 10.3 Å². The second-order valence-corrected chi connectivity index (χ2v) is 7.87. The molecule has 0 saturated heterocycles. The SMILES string of the molecule is CC(C)(C)OC(=O)NCc1ncc(S(=O)(=O)Cl)cc1Cl. The Morgan fingerprint density at radius 3 is 2.50 bits per heavy atom. The summed E-state index contributed by atoms with van der Waals surface area (Å²) in [5.74, 6) is 0. The molecule has 20 heavy (non-hydrogen) atoms. The number of ether oxygens (including phenoxy) is 1. The summed E-state index contributed by atoms with van der Waals surface area (Å²) in [5, 5.41) is 2.55. The maximum Gasteiger partial charge on any atom is 0.407 e. The fourth-order valence-corrected chi connectivity index (χ4v) is 2.17. The van der Waals surface area contributed by atoms with Gasteiger partial charge < -0.3 is 10.1 Å². The van der Waals surface area contributed by atoms with E-state index in [4.69, 9.17) is 27.0 Å². The molecule has 0 fully saturated rings. The van der Waals surface area contributed by atoms with E-state index in [0.29, 0.717) is 5.69 Å². The third-order valence-corrected chi connectivity index (χ3v) is 3.62. The summed E-state index contributed by atoms with van der Waals surface area (Å²) in [6.45, 7) is 5.21. The fraction of sp³-hybridized carbons (Fsp3) is 0.455. The maximum absolute atomic E-state index is 11.4. The van der Waals surface area contributed by atoms with Crippen LogP contribution < -0.4 is 5.32 Å². The van der Waals surface area contributed by atoms with E-state index >= 15 is 0 Å². The monoisotopic (exact) mass is 340 g/mol. The van der Waals surface area contributed by atoms with Crippen LogP contribution in [-0.4, -0.2) is 25.1 Å². The summed E-state index contributed by atoms with van der Waals surface area (Å²) in [6, 6.07) is 1.17. The number of alkyl carbamates (subject to hydrolysis) is 1. The van der Waals surface area contributed by atoms with Crippen molar-refractivity contribution in [3.8, 4) is 0 Å². The minimum atomic E-state index is -3.88. The van der Waals surface area contributed by atoms with E-state index in [0.717, 1.165) is 6.20 Å². The average molecular weight is 341 g/mol. The Bertz CT molecular complexity index is 611. The molecule has 0 aliphatic heterocycles. The maximum atomic E-state index is 11.4. The highest BCUT2D eigenvalue weighted by atomic mass is 35.7. The Labute approximate surface area is 126 Å². The van der Waals surface area contributed by atoms with Gasteiger partial charge in [0.1, 0.15) is 10.5 Å². The first kappa shape index (κ1) is 17.0. The van der Waals surface area contributed by atoms with E-state index in [1.165, 1.54) is 6.07 Å². The Hall–Kier alpha value is -1.05. The molecule has 0 unspecified atom stereocenters. The number of hydrogen-bond acceptors (Lipinski definition) is 5. The molecule has 0 aliphatic rings. The molecule has 1 aromatic rings. The van der Waals surface area contributed by atoms with E-state index in [9.17, 15) is 13.2 Å². The van der Waals surface area contributed by atoms with Gasteiger partial charge in [-0.15, -0.1) is 0 Å². The van der Waals surface area contributed by atoms with Crippen LogP contribution in [0.1, 0.15) is 26.5 Å². The van der Waals surface area contributed by atoms with Gasteiger partial charge in [-0.1, -0.05) is 11.6 Å². The predicted octanol–water partition coefficient (Wildman–Crippen LogP) is 2.69. The van der Waals surface area contributed by atoms with Crippen LogP contribution in [0.5, 0.6) is 0 Å². The summed E-state index contributed by atoms with van der Waals surface area (Å²) in [7, 11) is 1.28. The second-order valence-electron chi connectivity index (χ2n) is 4.89. The molecule has 0 aromatic carbocycles. The van der Waals surface area contributed by atoms with E-state index in [1.54, 1.807) is 20.8 Å². The molecule has 0 spiro atoms. The summed E-state index contributed by atoms with van der Waals surface area (Å²) >= 11 is 5.87. The first-order valence-corrected chi connectivity index (χ1v) is 8.24. The minimum Gasteiger partial charge on any atom is -0.444 e. The van der Waals surface area contributed by atoms with Gasteiger partial charge in [0, 0.05) is 16.9 Å². The molecule has 0 saturated carbocycles. The second kappa shape index (κ2) is 6.15. The van der Waals surface area contributed by atoms with Crippen LogP contribution in [-0.2, 0) is 20.3 Å². The number of nitrogens with zero attached hydrogens (tertiary/aromatic N) is 1. The van der Waals surface area contributed by atoms with Crippen molar-refractivity contribution in [2.75, 3.05) is 0 Å². The van der Waals surface area contributed by atoms with Crippen molar-refractivity contribution in [2.24, 2.45) is 0 Å². The third kappa shape index (κ3) is 5.52. The number of nitrogens with one attached hydrogen (secondary N) is 1. The van der Waals surface area contributed by atoms with E-state index < -0.39 is 20.7 Å². The minimum absolute atomic E-state index is 0.0103. The van der Waals surface area contributed by atoms with Crippen molar-refractivity contribution in [3.63, 3.8) is 0 Å². The average Bonchev–Trinajstić information content (AvgIpc) is 2.23. The number of halogens is 2. The number of carbonyl (C=O) groups is 1. The zero-order valence-electron chi connectivity index (χ0n) is 11.1. The molecular formula is C11H14Cl2N2O4S. The molecule has 0 bridgehead atoms. The smallest absolute Gasteiger partial charge is 0.407 e. The Morgan fingerprint density at radius 2 is 2.05 bits per heavy atom. The lowest BCUT2D eigenvalue weighted by Crippen LogP contribution is -2.32. The van der Waals surface area contributed by atoms with Gasteiger partial charge >= 0.3 is 6.09 Å². The topological polar surface area (TPSA) is 85.4 Å². The quantitative estimate of drug-likeness (QED) is 0.855. The normalized spacial score (nSPS) is 12.1. The fourth-order valence-electron chi connectivity index (χ4n) is 1.18. The first-order valence-electron chi connectivity index (χ1n) is 5.55. The van der Waals surface area contributed by atoms with Gasteiger partial charge in [0.2, 0.25) is 0 Å².